The van der Waals surface area contributed by atoms with Crippen LogP contribution in [0.25, 0.3) is 0 Å². The molecule has 0 radical (unpaired) electrons. The summed E-state index contributed by atoms with van der Waals surface area (Å²) in [6.45, 7) is 3.03. The van der Waals surface area contributed by atoms with Crippen molar-refractivity contribution in [3.8, 4) is 0 Å². The second-order valence-corrected chi connectivity index (χ2v) is 5.01. The first kappa shape index (κ1) is 11.6. The Kier molecular flexibility index (Phi) is 3.31. The standard InChI is InChI=1S/C14H21NO/c1-14(16,12-8-4-3-5-9-12)13-10-6-7-11-15(13)2/h3-5,8-9,13,16H,6-7,10-11H2,1-2H3/t13-,14+/m1/s1. The molecule has 1 aromatic carbocycles. The first-order chi connectivity index (χ1) is 7.62. The summed E-state index contributed by atoms with van der Waals surface area (Å²) in [6, 6.07) is 10.2. The summed E-state index contributed by atoms with van der Waals surface area (Å²) in [6.07, 6.45) is 3.55. The number of likely N-dealkylation sites (tertiary alicyclic amines) is 1. The molecule has 88 valence electrons. The highest BCUT2D eigenvalue weighted by molar-refractivity contribution is 5.23. The number of hydrogen-bond acceptors (Lipinski definition) is 2. The Morgan fingerprint density at radius 2 is 1.94 bits per heavy atom. The van der Waals surface area contributed by atoms with Gasteiger partial charge in [0.05, 0.1) is 0 Å². The molecule has 2 nitrogen and oxygen atoms in total. The van der Waals surface area contributed by atoms with E-state index in [0.717, 1.165) is 18.5 Å². The van der Waals surface area contributed by atoms with Crippen molar-refractivity contribution in [2.75, 3.05) is 13.6 Å². The Hall–Kier alpha value is -0.860. The van der Waals surface area contributed by atoms with E-state index < -0.39 is 5.60 Å². The molecule has 2 atom stereocenters. The summed E-state index contributed by atoms with van der Waals surface area (Å²) in [7, 11) is 2.11. The van der Waals surface area contributed by atoms with Crippen LogP contribution in [0.2, 0.25) is 0 Å². The number of piperidine rings is 1. The average Bonchev–Trinajstić information content (AvgIpc) is 2.30. The average molecular weight is 219 g/mol. The second kappa shape index (κ2) is 4.56. The van der Waals surface area contributed by atoms with Gasteiger partial charge in [-0.1, -0.05) is 36.8 Å². The van der Waals surface area contributed by atoms with Crippen molar-refractivity contribution in [2.45, 2.75) is 37.8 Å². The zero-order valence-corrected chi connectivity index (χ0v) is 10.2. The van der Waals surface area contributed by atoms with Crippen molar-refractivity contribution in [3.05, 3.63) is 35.9 Å². The first-order valence-electron chi connectivity index (χ1n) is 6.10. The van der Waals surface area contributed by atoms with Gasteiger partial charge in [-0.2, -0.15) is 0 Å². The van der Waals surface area contributed by atoms with Gasteiger partial charge in [0.1, 0.15) is 5.60 Å². The van der Waals surface area contributed by atoms with Crippen molar-refractivity contribution in [1.82, 2.24) is 4.90 Å². The minimum Gasteiger partial charge on any atom is -0.384 e. The van der Waals surface area contributed by atoms with Crippen LogP contribution in [0.4, 0.5) is 0 Å². The van der Waals surface area contributed by atoms with E-state index in [4.69, 9.17) is 0 Å². The Labute approximate surface area is 97.9 Å². The highest BCUT2D eigenvalue weighted by Crippen LogP contribution is 2.32. The Morgan fingerprint density at radius 3 is 2.56 bits per heavy atom. The molecule has 0 amide bonds. The number of likely N-dealkylation sites (N-methyl/N-ethyl adjacent to an activating group) is 1. The zero-order chi connectivity index (χ0) is 11.6. The smallest absolute Gasteiger partial charge is 0.102 e. The predicted molar refractivity (Wildman–Crippen MR) is 66.3 cm³/mol. The molecule has 1 aliphatic heterocycles. The molecule has 1 aromatic rings. The monoisotopic (exact) mass is 219 g/mol. The molecule has 1 fully saturated rings. The topological polar surface area (TPSA) is 23.5 Å². The summed E-state index contributed by atoms with van der Waals surface area (Å²) in [5, 5.41) is 10.7. The van der Waals surface area contributed by atoms with Crippen LogP contribution < -0.4 is 0 Å². The van der Waals surface area contributed by atoms with E-state index in [-0.39, 0.29) is 6.04 Å². The SMILES string of the molecule is CN1CCCC[C@@H]1[C@@](C)(O)c1ccccc1. The molecule has 1 heterocycles. The number of hydrogen-bond donors (Lipinski definition) is 1. The van der Waals surface area contributed by atoms with Gasteiger partial charge in [0.15, 0.2) is 0 Å². The van der Waals surface area contributed by atoms with Crippen molar-refractivity contribution in [2.24, 2.45) is 0 Å². The highest BCUT2D eigenvalue weighted by Gasteiger charge is 2.37. The highest BCUT2D eigenvalue weighted by atomic mass is 16.3. The maximum atomic E-state index is 10.7. The summed E-state index contributed by atoms with van der Waals surface area (Å²) in [4.78, 5) is 2.29. The van der Waals surface area contributed by atoms with Crippen LogP contribution in [0.3, 0.4) is 0 Å². The molecule has 16 heavy (non-hydrogen) atoms. The fourth-order valence-corrected chi connectivity index (χ4v) is 2.75. The molecular weight excluding hydrogens is 198 g/mol. The van der Waals surface area contributed by atoms with Crippen molar-refractivity contribution < 1.29 is 5.11 Å². The third-order valence-electron chi connectivity index (χ3n) is 3.78. The van der Waals surface area contributed by atoms with Crippen LogP contribution in [0, 0.1) is 0 Å². The van der Waals surface area contributed by atoms with Crippen LogP contribution >= 0.6 is 0 Å². The molecule has 0 unspecified atom stereocenters. The third kappa shape index (κ3) is 2.13. The van der Waals surface area contributed by atoms with Gasteiger partial charge < -0.3 is 10.0 Å². The van der Waals surface area contributed by atoms with Crippen LogP contribution in [-0.4, -0.2) is 29.6 Å². The Bertz CT molecular complexity index is 334. The predicted octanol–water partition coefficient (Wildman–Crippen LogP) is 2.38. The van der Waals surface area contributed by atoms with Gasteiger partial charge in [0, 0.05) is 6.04 Å². The van der Waals surface area contributed by atoms with Gasteiger partial charge in [-0.3, -0.25) is 0 Å². The lowest BCUT2D eigenvalue weighted by atomic mass is 9.83. The second-order valence-electron chi connectivity index (χ2n) is 5.01. The lowest BCUT2D eigenvalue weighted by Gasteiger charge is -2.42. The van der Waals surface area contributed by atoms with E-state index in [1.807, 2.05) is 37.3 Å². The third-order valence-corrected chi connectivity index (χ3v) is 3.78. The normalized spacial score (nSPS) is 26.3. The lowest BCUT2D eigenvalue weighted by Crippen LogP contribution is -2.49. The minimum atomic E-state index is -0.740. The van der Waals surface area contributed by atoms with Crippen molar-refractivity contribution in [3.63, 3.8) is 0 Å². The van der Waals surface area contributed by atoms with Crippen LogP contribution in [0.15, 0.2) is 30.3 Å². The number of aliphatic hydroxyl groups is 1. The Morgan fingerprint density at radius 1 is 1.25 bits per heavy atom. The molecule has 1 N–H and O–H groups in total. The molecule has 1 aliphatic rings. The maximum absolute atomic E-state index is 10.7. The van der Waals surface area contributed by atoms with E-state index in [9.17, 15) is 5.11 Å². The Balaban J connectivity index is 2.23. The first-order valence-corrected chi connectivity index (χ1v) is 6.10. The molecule has 1 saturated heterocycles. The number of benzene rings is 1. The number of nitrogens with zero attached hydrogens (tertiary/aromatic N) is 1. The van der Waals surface area contributed by atoms with Crippen molar-refractivity contribution in [1.29, 1.82) is 0 Å². The fourth-order valence-electron chi connectivity index (χ4n) is 2.75. The maximum Gasteiger partial charge on any atom is 0.102 e. The lowest BCUT2D eigenvalue weighted by molar-refractivity contribution is -0.0450. The van der Waals surface area contributed by atoms with Gasteiger partial charge >= 0.3 is 0 Å². The van der Waals surface area contributed by atoms with E-state index in [0.29, 0.717) is 0 Å². The van der Waals surface area contributed by atoms with E-state index >= 15 is 0 Å². The van der Waals surface area contributed by atoms with E-state index in [1.165, 1.54) is 12.8 Å². The zero-order valence-electron chi connectivity index (χ0n) is 10.2. The van der Waals surface area contributed by atoms with E-state index in [1.54, 1.807) is 0 Å². The van der Waals surface area contributed by atoms with E-state index in [2.05, 4.69) is 11.9 Å². The molecular formula is C14H21NO. The summed E-state index contributed by atoms with van der Waals surface area (Å²) in [5.41, 5.74) is 0.282. The molecule has 0 bridgehead atoms. The molecule has 2 rings (SSSR count). The van der Waals surface area contributed by atoms with Gasteiger partial charge in [-0.25, -0.2) is 0 Å². The van der Waals surface area contributed by atoms with Crippen molar-refractivity contribution >= 4 is 0 Å². The molecule has 2 heteroatoms. The fraction of sp³-hybridized carbons (Fsp3) is 0.571. The molecule has 0 aromatic heterocycles. The summed E-state index contributed by atoms with van der Waals surface area (Å²) >= 11 is 0. The molecule has 0 aliphatic carbocycles. The largest absolute Gasteiger partial charge is 0.384 e. The van der Waals surface area contributed by atoms with Gasteiger partial charge in [-0.15, -0.1) is 0 Å². The minimum absolute atomic E-state index is 0.239. The quantitative estimate of drug-likeness (QED) is 0.825. The van der Waals surface area contributed by atoms with Crippen LogP contribution in [0.5, 0.6) is 0 Å². The van der Waals surface area contributed by atoms with Gasteiger partial charge in [0.25, 0.3) is 0 Å². The van der Waals surface area contributed by atoms with Gasteiger partial charge in [0.2, 0.25) is 0 Å². The van der Waals surface area contributed by atoms with Crippen LogP contribution in [0.1, 0.15) is 31.7 Å². The summed E-state index contributed by atoms with van der Waals surface area (Å²) in [5.74, 6) is 0. The molecule has 0 saturated carbocycles. The van der Waals surface area contributed by atoms with Gasteiger partial charge in [-0.05, 0) is 38.9 Å². The molecule has 0 spiro atoms. The van der Waals surface area contributed by atoms with Crippen LogP contribution in [-0.2, 0) is 5.60 Å². The summed E-state index contributed by atoms with van der Waals surface area (Å²) < 4.78 is 0. The number of rotatable bonds is 2.